The highest BCUT2D eigenvalue weighted by Gasteiger charge is 2.40. The van der Waals surface area contributed by atoms with Gasteiger partial charge in [-0.25, -0.2) is 0 Å². The Hall–Kier alpha value is -2.59. The van der Waals surface area contributed by atoms with Crippen LogP contribution in [0.5, 0.6) is 0 Å². The molecule has 0 aliphatic rings. The number of hydrogen-bond acceptors (Lipinski definition) is 4. The van der Waals surface area contributed by atoms with Crippen LogP contribution in [0.1, 0.15) is 30.9 Å². The molecule has 142 valence electrons. The molecule has 0 spiro atoms. The number of halogens is 1. The SMILES string of the molecule is CCOC(=O)C(C(=O)OCC)C(/C(Cl)=C/c1ccccc1)c1ccccc1. The standard InChI is InChI=1S/C22H23ClO4/c1-3-26-21(24)20(22(25)27-4-2)19(17-13-9-6-10-14-17)18(23)15-16-11-7-5-8-12-16/h5-15,19-20H,3-4H2,1-2H3/b18-15-. The van der Waals surface area contributed by atoms with Crippen molar-refractivity contribution in [2.24, 2.45) is 5.92 Å². The first-order chi connectivity index (χ1) is 13.1. The number of carbonyl (C=O) groups is 2. The van der Waals surface area contributed by atoms with Crippen molar-refractivity contribution >= 4 is 29.6 Å². The van der Waals surface area contributed by atoms with E-state index in [2.05, 4.69) is 0 Å². The Labute approximate surface area is 164 Å². The number of hydrogen-bond donors (Lipinski definition) is 0. The maximum atomic E-state index is 12.6. The molecule has 1 unspecified atom stereocenters. The zero-order chi connectivity index (χ0) is 19.6. The molecule has 2 aromatic rings. The van der Waals surface area contributed by atoms with E-state index >= 15 is 0 Å². The van der Waals surface area contributed by atoms with Gasteiger partial charge in [0.05, 0.1) is 13.2 Å². The second-order valence-corrected chi connectivity index (χ2v) is 6.25. The van der Waals surface area contributed by atoms with Gasteiger partial charge in [-0.15, -0.1) is 0 Å². The monoisotopic (exact) mass is 386 g/mol. The van der Waals surface area contributed by atoms with Gasteiger partial charge in [0, 0.05) is 11.0 Å². The lowest BCUT2D eigenvalue weighted by molar-refractivity contribution is -0.162. The summed E-state index contributed by atoms with van der Waals surface area (Å²) in [5.41, 5.74) is 1.61. The van der Waals surface area contributed by atoms with E-state index in [1.807, 2.05) is 60.7 Å². The van der Waals surface area contributed by atoms with E-state index in [0.717, 1.165) is 11.1 Å². The van der Waals surface area contributed by atoms with Gasteiger partial charge in [-0.05, 0) is 31.1 Å². The molecule has 4 nitrogen and oxygen atoms in total. The van der Waals surface area contributed by atoms with Crippen LogP contribution in [0.3, 0.4) is 0 Å². The highest BCUT2D eigenvalue weighted by Crippen LogP contribution is 2.37. The third-order valence-corrected chi connectivity index (χ3v) is 4.32. The van der Waals surface area contributed by atoms with Gasteiger partial charge < -0.3 is 9.47 Å². The van der Waals surface area contributed by atoms with E-state index in [1.165, 1.54) is 0 Å². The van der Waals surface area contributed by atoms with Crippen LogP contribution in [0.25, 0.3) is 6.08 Å². The third kappa shape index (κ3) is 5.69. The molecule has 2 aromatic carbocycles. The predicted molar refractivity (Wildman–Crippen MR) is 106 cm³/mol. The zero-order valence-corrected chi connectivity index (χ0v) is 16.2. The average molecular weight is 387 g/mol. The Kier molecular flexibility index (Phi) is 8.08. The molecule has 0 aliphatic carbocycles. The maximum Gasteiger partial charge on any atom is 0.321 e. The number of carbonyl (C=O) groups excluding carboxylic acids is 2. The molecule has 0 saturated heterocycles. The van der Waals surface area contributed by atoms with Gasteiger partial charge in [-0.1, -0.05) is 72.3 Å². The lowest BCUT2D eigenvalue weighted by Gasteiger charge is -2.24. The van der Waals surface area contributed by atoms with Gasteiger partial charge >= 0.3 is 11.9 Å². The second-order valence-electron chi connectivity index (χ2n) is 5.81. The first kappa shape index (κ1) is 20.7. The summed E-state index contributed by atoms with van der Waals surface area (Å²) in [5, 5.41) is 0.360. The van der Waals surface area contributed by atoms with E-state index < -0.39 is 23.8 Å². The number of benzene rings is 2. The van der Waals surface area contributed by atoms with Crippen molar-refractivity contribution in [2.45, 2.75) is 19.8 Å². The van der Waals surface area contributed by atoms with E-state index in [9.17, 15) is 9.59 Å². The molecule has 5 heteroatoms. The van der Waals surface area contributed by atoms with E-state index in [0.29, 0.717) is 5.03 Å². The van der Waals surface area contributed by atoms with Crippen molar-refractivity contribution in [3.05, 3.63) is 76.8 Å². The zero-order valence-electron chi connectivity index (χ0n) is 15.4. The summed E-state index contributed by atoms with van der Waals surface area (Å²) >= 11 is 6.64. The Bertz CT molecular complexity index is 753. The minimum atomic E-state index is -1.18. The van der Waals surface area contributed by atoms with Crippen LogP contribution in [-0.2, 0) is 19.1 Å². The summed E-state index contributed by atoms with van der Waals surface area (Å²) in [6.45, 7) is 3.71. The average Bonchev–Trinajstić information content (AvgIpc) is 2.67. The maximum absolute atomic E-state index is 12.6. The van der Waals surface area contributed by atoms with E-state index in [1.54, 1.807) is 19.9 Å². The summed E-state index contributed by atoms with van der Waals surface area (Å²) in [6, 6.07) is 18.7. The number of esters is 2. The largest absolute Gasteiger partial charge is 0.465 e. The highest BCUT2D eigenvalue weighted by molar-refractivity contribution is 6.32. The van der Waals surface area contributed by atoms with Crippen LogP contribution in [0, 0.1) is 5.92 Å². The molecule has 0 amide bonds. The molecule has 0 heterocycles. The Morgan fingerprint density at radius 2 is 1.37 bits per heavy atom. The summed E-state index contributed by atoms with van der Waals surface area (Å²) < 4.78 is 10.3. The van der Waals surface area contributed by atoms with Crippen LogP contribution < -0.4 is 0 Å². The molecule has 1 atom stereocenters. The second kappa shape index (κ2) is 10.5. The molecule has 0 radical (unpaired) electrons. The molecule has 27 heavy (non-hydrogen) atoms. The number of allylic oxidation sites excluding steroid dienone is 1. The minimum absolute atomic E-state index is 0.163. The first-order valence-electron chi connectivity index (χ1n) is 8.88. The summed E-state index contributed by atoms with van der Waals surface area (Å²) in [4.78, 5) is 25.2. The molecule has 0 bridgehead atoms. The summed E-state index contributed by atoms with van der Waals surface area (Å²) in [6.07, 6.45) is 1.75. The van der Waals surface area contributed by atoms with Crippen molar-refractivity contribution in [3.63, 3.8) is 0 Å². The summed E-state index contributed by atoms with van der Waals surface area (Å²) in [7, 11) is 0. The van der Waals surface area contributed by atoms with Crippen LogP contribution in [0.15, 0.2) is 65.7 Å². The Morgan fingerprint density at radius 1 is 0.889 bits per heavy atom. The van der Waals surface area contributed by atoms with Gasteiger partial charge in [0.25, 0.3) is 0 Å². The van der Waals surface area contributed by atoms with Crippen molar-refractivity contribution in [1.82, 2.24) is 0 Å². The molecule has 0 aromatic heterocycles. The predicted octanol–water partition coefficient (Wildman–Crippen LogP) is 4.79. The topological polar surface area (TPSA) is 52.6 Å². The van der Waals surface area contributed by atoms with Crippen molar-refractivity contribution in [1.29, 1.82) is 0 Å². The highest BCUT2D eigenvalue weighted by atomic mass is 35.5. The van der Waals surface area contributed by atoms with Crippen molar-refractivity contribution in [3.8, 4) is 0 Å². The molecule has 0 fully saturated rings. The van der Waals surface area contributed by atoms with Gasteiger partial charge in [0.2, 0.25) is 0 Å². The fourth-order valence-corrected chi connectivity index (χ4v) is 3.18. The smallest absolute Gasteiger partial charge is 0.321 e. The summed E-state index contributed by atoms with van der Waals surface area (Å²) in [5.74, 6) is -3.18. The van der Waals surface area contributed by atoms with Crippen LogP contribution in [0.2, 0.25) is 0 Å². The van der Waals surface area contributed by atoms with Gasteiger partial charge in [-0.2, -0.15) is 0 Å². The first-order valence-corrected chi connectivity index (χ1v) is 9.26. The molecule has 2 rings (SSSR count). The van der Waals surface area contributed by atoms with Gasteiger partial charge in [-0.3, -0.25) is 9.59 Å². The van der Waals surface area contributed by atoms with Crippen LogP contribution in [0.4, 0.5) is 0 Å². The van der Waals surface area contributed by atoms with Crippen LogP contribution in [-0.4, -0.2) is 25.2 Å². The Morgan fingerprint density at radius 3 is 1.85 bits per heavy atom. The molecular weight excluding hydrogens is 364 g/mol. The molecule has 0 aliphatic heterocycles. The van der Waals surface area contributed by atoms with E-state index in [-0.39, 0.29) is 13.2 Å². The lowest BCUT2D eigenvalue weighted by atomic mass is 9.84. The fourth-order valence-electron chi connectivity index (χ4n) is 2.80. The number of rotatable bonds is 8. The third-order valence-electron chi connectivity index (χ3n) is 3.97. The van der Waals surface area contributed by atoms with Gasteiger partial charge in [0.15, 0.2) is 5.92 Å². The molecular formula is C22H23ClO4. The van der Waals surface area contributed by atoms with Gasteiger partial charge in [0.1, 0.15) is 0 Å². The normalized spacial score (nSPS) is 12.5. The fraction of sp³-hybridized carbons (Fsp3) is 0.273. The minimum Gasteiger partial charge on any atom is -0.465 e. The number of ether oxygens (including phenoxy) is 2. The Balaban J connectivity index is 2.53. The quantitative estimate of drug-likeness (QED) is 0.483. The van der Waals surface area contributed by atoms with Crippen LogP contribution >= 0.6 is 11.6 Å². The lowest BCUT2D eigenvalue weighted by Crippen LogP contribution is -2.33. The van der Waals surface area contributed by atoms with Crippen molar-refractivity contribution < 1.29 is 19.1 Å². The molecule has 0 N–H and O–H groups in total. The van der Waals surface area contributed by atoms with E-state index in [4.69, 9.17) is 21.1 Å². The van der Waals surface area contributed by atoms with Crippen molar-refractivity contribution in [2.75, 3.05) is 13.2 Å². The molecule has 0 saturated carbocycles.